The Morgan fingerprint density at radius 2 is 1.47 bits per heavy atom. The molecule has 7 nitrogen and oxygen atoms in total. The molecule has 1 N–H and O–H groups in total. The molecule has 0 saturated heterocycles. The maximum absolute atomic E-state index is 14.0. The fourth-order valence-corrected chi connectivity index (χ4v) is 4.87. The van der Waals surface area contributed by atoms with Gasteiger partial charge in [0.05, 0.1) is 11.9 Å². The average molecular weight is 540 g/mol. The second-order valence-corrected chi connectivity index (χ2v) is 12.1. The molecule has 38 heavy (non-hydrogen) atoms. The van der Waals surface area contributed by atoms with Crippen LogP contribution in [0.5, 0.6) is 0 Å². The monoisotopic (exact) mass is 539 g/mol. The Hall–Kier alpha value is -3.72. The first-order valence-electron chi connectivity index (χ1n) is 12.3. The highest BCUT2D eigenvalue weighted by Crippen LogP contribution is 2.21. The van der Waals surface area contributed by atoms with Gasteiger partial charge >= 0.3 is 0 Å². The normalized spacial score (nSPS) is 12.4. The molecule has 0 fully saturated rings. The molecule has 0 spiro atoms. The van der Waals surface area contributed by atoms with Gasteiger partial charge in [-0.2, -0.15) is 0 Å². The van der Waals surface area contributed by atoms with E-state index in [1.165, 1.54) is 23.1 Å². The lowest BCUT2D eigenvalue weighted by Crippen LogP contribution is -2.56. The van der Waals surface area contributed by atoms with Crippen LogP contribution in [0.15, 0.2) is 84.9 Å². The smallest absolute Gasteiger partial charge is 0.244 e. The molecule has 0 heterocycles. The Labute approximate surface area is 224 Å². The first-order valence-corrected chi connectivity index (χ1v) is 14.1. The first kappa shape index (κ1) is 28.8. The molecule has 0 aliphatic carbocycles. The summed E-state index contributed by atoms with van der Waals surface area (Å²) in [5.41, 5.74) is 1.09. The number of carbonyl (C=O) groups is 2. The lowest BCUT2D eigenvalue weighted by Gasteiger charge is -2.35. The van der Waals surface area contributed by atoms with E-state index in [1.54, 1.807) is 0 Å². The molecule has 3 aromatic rings. The van der Waals surface area contributed by atoms with E-state index in [1.807, 2.05) is 81.4 Å². The summed E-state index contributed by atoms with van der Waals surface area (Å²) in [7, 11) is -3.95. The Morgan fingerprint density at radius 1 is 0.895 bits per heavy atom. The number of anilines is 1. The van der Waals surface area contributed by atoms with Gasteiger partial charge in [-0.05, 0) is 50.1 Å². The molecular formula is C29H34FN3O4S. The van der Waals surface area contributed by atoms with E-state index in [4.69, 9.17) is 0 Å². The van der Waals surface area contributed by atoms with Crippen molar-refractivity contribution in [1.82, 2.24) is 10.2 Å². The number of hydrogen-bond acceptors (Lipinski definition) is 4. The zero-order chi connectivity index (χ0) is 27.9. The van der Waals surface area contributed by atoms with Crippen LogP contribution in [0.4, 0.5) is 10.1 Å². The molecule has 202 valence electrons. The highest BCUT2D eigenvalue weighted by Gasteiger charge is 2.34. The van der Waals surface area contributed by atoms with E-state index in [0.717, 1.165) is 27.8 Å². The summed E-state index contributed by atoms with van der Waals surface area (Å²) in [5.74, 6) is -1.58. The number of carbonyl (C=O) groups excluding carboxylic acids is 2. The molecule has 2 amide bonds. The van der Waals surface area contributed by atoms with Crippen molar-refractivity contribution < 1.29 is 22.4 Å². The van der Waals surface area contributed by atoms with Crippen molar-refractivity contribution in [2.75, 3.05) is 17.1 Å². The van der Waals surface area contributed by atoms with Crippen LogP contribution in [0.2, 0.25) is 0 Å². The van der Waals surface area contributed by atoms with E-state index in [0.29, 0.717) is 0 Å². The Morgan fingerprint density at radius 3 is 2.00 bits per heavy atom. The van der Waals surface area contributed by atoms with Gasteiger partial charge in [-0.1, -0.05) is 66.7 Å². The fraction of sp³-hybridized carbons (Fsp3) is 0.310. The zero-order valence-corrected chi connectivity index (χ0v) is 22.9. The van der Waals surface area contributed by atoms with Crippen molar-refractivity contribution in [2.24, 2.45) is 0 Å². The van der Waals surface area contributed by atoms with Crippen LogP contribution in [-0.4, -0.2) is 49.5 Å². The molecule has 0 aromatic heterocycles. The lowest BCUT2D eigenvalue weighted by atomic mass is 10.0. The van der Waals surface area contributed by atoms with Gasteiger partial charge in [0.15, 0.2) is 0 Å². The Bertz CT molecular complexity index is 1340. The number of sulfonamides is 1. The average Bonchev–Trinajstić information content (AvgIpc) is 2.84. The number of benzene rings is 3. The van der Waals surface area contributed by atoms with E-state index in [-0.39, 0.29) is 24.6 Å². The molecule has 0 aliphatic rings. The van der Waals surface area contributed by atoms with Gasteiger partial charge in [-0.3, -0.25) is 13.9 Å². The summed E-state index contributed by atoms with van der Waals surface area (Å²) in [4.78, 5) is 28.9. The second kappa shape index (κ2) is 12.2. The summed E-state index contributed by atoms with van der Waals surface area (Å²) in [6.45, 7) is 5.04. The minimum absolute atomic E-state index is 0.0271. The van der Waals surface area contributed by atoms with Crippen LogP contribution in [-0.2, 0) is 32.6 Å². The maximum atomic E-state index is 14.0. The Kier molecular flexibility index (Phi) is 9.27. The maximum Gasteiger partial charge on any atom is 0.244 e. The lowest BCUT2D eigenvalue weighted by molar-refractivity contribution is -0.140. The summed E-state index contributed by atoms with van der Waals surface area (Å²) >= 11 is 0. The third-order valence-electron chi connectivity index (χ3n) is 5.74. The van der Waals surface area contributed by atoms with Crippen LogP contribution >= 0.6 is 0 Å². The van der Waals surface area contributed by atoms with Crippen molar-refractivity contribution in [1.29, 1.82) is 0 Å². The molecule has 3 rings (SSSR count). The molecule has 0 saturated carbocycles. The first-order chi connectivity index (χ1) is 17.8. The standard InChI is InChI=1S/C29H34FN3O4S/c1-29(2,3)31-28(35)26(18-22-12-7-5-8-13-22)32(20-23-14-9-6-10-15-23)27(34)21-33(38(4,36)37)25-17-11-16-24(30)19-25/h5-17,19,26H,18,20-21H2,1-4H3,(H,31,35)/t26-/m1/s1. The summed E-state index contributed by atoms with van der Waals surface area (Å²) < 4.78 is 40.2. The van der Waals surface area contributed by atoms with E-state index < -0.39 is 39.9 Å². The van der Waals surface area contributed by atoms with Crippen molar-refractivity contribution in [3.63, 3.8) is 0 Å². The summed E-state index contributed by atoms with van der Waals surface area (Å²) in [6, 6.07) is 22.6. The third-order valence-corrected chi connectivity index (χ3v) is 6.88. The molecule has 9 heteroatoms. The van der Waals surface area contributed by atoms with Gasteiger partial charge in [0.1, 0.15) is 18.4 Å². The number of rotatable bonds is 10. The highest BCUT2D eigenvalue weighted by molar-refractivity contribution is 7.92. The second-order valence-electron chi connectivity index (χ2n) is 10.2. The number of nitrogens with zero attached hydrogens (tertiary/aromatic N) is 2. The molecule has 0 radical (unpaired) electrons. The zero-order valence-electron chi connectivity index (χ0n) is 22.1. The van der Waals surface area contributed by atoms with Gasteiger partial charge in [-0.15, -0.1) is 0 Å². The number of halogens is 1. The van der Waals surface area contributed by atoms with Crippen molar-refractivity contribution in [3.05, 3.63) is 102 Å². The van der Waals surface area contributed by atoms with Crippen LogP contribution < -0.4 is 9.62 Å². The SMILES string of the molecule is CC(C)(C)NC(=O)[C@@H](Cc1ccccc1)N(Cc1ccccc1)C(=O)CN(c1cccc(F)c1)S(C)(=O)=O. The van der Waals surface area contributed by atoms with E-state index >= 15 is 0 Å². The van der Waals surface area contributed by atoms with Crippen molar-refractivity contribution >= 4 is 27.5 Å². The van der Waals surface area contributed by atoms with Crippen LogP contribution in [0.1, 0.15) is 31.9 Å². The predicted molar refractivity (Wildman–Crippen MR) is 147 cm³/mol. The third kappa shape index (κ3) is 8.41. The minimum Gasteiger partial charge on any atom is -0.350 e. The van der Waals surface area contributed by atoms with Crippen LogP contribution in [0.3, 0.4) is 0 Å². The van der Waals surface area contributed by atoms with Gasteiger partial charge in [0, 0.05) is 18.5 Å². The topological polar surface area (TPSA) is 86.8 Å². The van der Waals surface area contributed by atoms with Crippen molar-refractivity contribution in [3.8, 4) is 0 Å². The van der Waals surface area contributed by atoms with Crippen LogP contribution in [0.25, 0.3) is 0 Å². The van der Waals surface area contributed by atoms with E-state index in [2.05, 4.69) is 5.32 Å². The molecule has 3 aromatic carbocycles. The van der Waals surface area contributed by atoms with E-state index in [9.17, 15) is 22.4 Å². The molecular weight excluding hydrogens is 505 g/mol. The summed E-state index contributed by atoms with van der Waals surface area (Å²) in [6.07, 6.45) is 1.18. The molecule has 0 bridgehead atoms. The molecule has 0 unspecified atom stereocenters. The van der Waals surface area contributed by atoms with Gasteiger partial charge < -0.3 is 10.2 Å². The summed E-state index contributed by atoms with van der Waals surface area (Å²) in [5, 5.41) is 2.97. The quantitative estimate of drug-likeness (QED) is 0.420. The fourth-order valence-electron chi connectivity index (χ4n) is 4.03. The minimum atomic E-state index is -3.95. The van der Waals surface area contributed by atoms with Crippen molar-refractivity contribution in [2.45, 2.75) is 45.3 Å². The van der Waals surface area contributed by atoms with Gasteiger partial charge in [-0.25, -0.2) is 12.8 Å². The predicted octanol–water partition coefficient (Wildman–Crippen LogP) is 4.15. The largest absolute Gasteiger partial charge is 0.350 e. The number of amides is 2. The molecule has 1 atom stereocenters. The van der Waals surface area contributed by atoms with Gasteiger partial charge in [0.2, 0.25) is 21.8 Å². The number of nitrogens with one attached hydrogen (secondary N) is 1. The number of hydrogen-bond donors (Lipinski definition) is 1. The molecule has 0 aliphatic heterocycles. The highest BCUT2D eigenvalue weighted by atomic mass is 32.2. The van der Waals surface area contributed by atoms with Gasteiger partial charge in [0.25, 0.3) is 0 Å². The Balaban J connectivity index is 2.05. The van der Waals surface area contributed by atoms with Crippen LogP contribution in [0, 0.1) is 5.82 Å².